The van der Waals surface area contributed by atoms with Crippen molar-refractivity contribution in [1.29, 1.82) is 0 Å². The molecule has 0 saturated carbocycles. The molecule has 2 unspecified atom stereocenters. The van der Waals surface area contributed by atoms with E-state index in [0.717, 1.165) is 12.2 Å². The first-order valence-corrected chi connectivity index (χ1v) is 6.11. The van der Waals surface area contributed by atoms with Crippen LogP contribution in [0.4, 0.5) is 0 Å². The number of nitrogens with zero attached hydrogens (tertiary/aromatic N) is 2. The van der Waals surface area contributed by atoms with E-state index >= 15 is 0 Å². The summed E-state index contributed by atoms with van der Waals surface area (Å²) in [7, 11) is 2.19. The van der Waals surface area contributed by atoms with E-state index in [9.17, 15) is 0 Å². The number of hydrogen-bond acceptors (Lipinski definition) is 3. The number of likely N-dealkylation sites (tertiary alicyclic amines) is 1. The first kappa shape index (κ1) is 11.6. The van der Waals surface area contributed by atoms with Gasteiger partial charge >= 0.3 is 0 Å². The second-order valence-electron chi connectivity index (χ2n) is 4.76. The molecule has 3 nitrogen and oxygen atoms in total. The van der Waals surface area contributed by atoms with Gasteiger partial charge in [-0.25, -0.2) is 0 Å². The molecular formula is C13H21N3. The fourth-order valence-electron chi connectivity index (χ4n) is 2.68. The summed E-state index contributed by atoms with van der Waals surface area (Å²) in [5.74, 6) is 1.09. The maximum Gasteiger partial charge on any atom is 0.0450 e. The van der Waals surface area contributed by atoms with Crippen LogP contribution in [0.25, 0.3) is 0 Å². The van der Waals surface area contributed by atoms with Crippen LogP contribution in [-0.2, 0) is 0 Å². The number of hydrogen-bond donors (Lipinski definition) is 1. The minimum Gasteiger partial charge on any atom is -0.330 e. The molecule has 1 aliphatic rings. The third kappa shape index (κ3) is 2.60. The van der Waals surface area contributed by atoms with Crippen LogP contribution < -0.4 is 5.73 Å². The van der Waals surface area contributed by atoms with Crippen LogP contribution in [0.5, 0.6) is 0 Å². The molecule has 0 aromatic carbocycles. The van der Waals surface area contributed by atoms with Gasteiger partial charge in [0.15, 0.2) is 0 Å². The zero-order chi connectivity index (χ0) is 11.4. The van der Waals surface area contributed by atoms with Gasteiger partial charge in [-0.2, -0.15) is 0 Å². The van der Waals surface area contributed by atoms with Gasteiger partial charge in [0.2, 0.25) is 0 Å². The van der Waals surface area contributed by atoms with Crippen molar-refractivity contribution in [2.75, 3.05) is 26.7 Å². The van der Waals surface area contributed by atoms with Crippen molar-refractivity contribution in [1.82, 2.24) is 9.88 Å². The van der Waals surface area contributed by atoms with Crippen LogP contribution in [0.15, 0.2) is 24.4 Å². The summed E-state index contributed by atoms with van der Waals surface area (Å²) in [6.45, 7) is 3.07. The average molecular weight is 219 g/mol. The first-order chi connectivity index (χ1) is 7.81. The molecule has 0 aliphatic carbocycles. The van der Waals surface area contributed by atoms with Gasteiger partial charge in [0.25, 0.3) is 0 Å². The Morgan fingerprint density at radius 1 is 1.56 bits per heavy atom. The number of nitrogens with two attached hydrogens (primary N) is 1. The molecule has 3 heteroatoms. The third-order valence-corrected chi connectivity index (χ3v) is 3.55. The van der Waals surface area contributed by atoms with Gasteiger partial charge in [-0.1, -0.05) is 6.07 Å². The molecule has 2 heterocycles. The molecule has 0 bridgehead atoms. The Morgan fingerprint density at radius 2 is 2.44 bits per heavy atom. The summed E-state index contributed by atoms with van der Waals surface area (Å²) in [5, 5.41) is 0. The molecule has 1 aliphatic heterocycles. The van der Waals surface area contributed by atoms with Crippen molar-refractivity contribution < 1.29 is 0 Å². The van der Waals surface area contributed by atoms with E-state index in [2.05, 4.69) is 29.1 Å². The Labute approximate surface area is 97.7 Å². The molecular weight excluding hydrogens is 198 g/mol. The van der Waals surface area contributed by atoms with Crippen LogP contribution in [-0.4, -0.2) is 36.6 Å². The van der Waals surface area contributed by atoms with E-state index in [1.807, 2.05) is 12.3 Å². The maximum absolute atomic E-state index is 5.92. The predicted octanol–water partition coefficient (Wildman–Crippen LogP) is 1.47. The summed E-state index contributed by atoms with van der Waals surface area (Å²) in [4.78, 5) is 6.85. The van der Waals surface area contributed by atoms with Crippen molar-refractivity contribution in [3.8, 4) is 0 Å². The van der Waals surface area contributed by atoms with Gasteiger partial charge in [0.1, 0.15) is 0 Å². The van der Waals surface area contributed by atoms with Gasteiger partial charge in [0, 0.05) is 30.9 Å². The monoisotopic (exact) mass is 219 g/mol. The van der Waals surface area contributed by atoms with E-state index in [0.29, 0.717) is 18.4 Å². The summed E-state index contributed by atoms with van der Waals surface area (Å²) < 4.78 is 0. The molecule has 0 radical (unpaired) electrons. The van der Waals surface area contributed by atoms with E-state index in [-0.39, 0.29) is 0 Å². The van der Waals surface area contributed by atoms with Gasteiger partial charge < -0.3 is 10.6 Å². The summed E-state index contributed by atoms with van der Waals surface area (Å²) in [6, 6.07) is 6.12. The van der Waals surface area contributed by atoms with Gasteiger partial charge in [-0.05, 0) is 44.5 Å². The van der Waals surface area contributed by atoms with Crippen molar-refractivity contribution in [2.45, 2.75) is 18.8 Å². The van der Waals surface area contributed by atoms with Crippen molar-refractivity contribution in [2.24, 2.45) is 11.7 Å². The molecule has 1 aromatic heterocycles. The lowest BCUT2D eigenvalue weighted by Crippen LogP contribution is -2.37. The topological polar surface area (TPSA) is 42.1 Å². The Kier molecular flexibility index (Phi) is 3.91. The maximum atomic E-state index is 5.92. The van der Waals surface area contributed by atoms with Gasteiger partial charge in [-0.3, -0.25) is 4.98 Å². The first-order valence-electron chi connectivity index (χ1n) is 6.11. The smallest absolute Gasteiger partial charge is 0.0450 e. The highest BCUT2D eigenvalue weighted by Crippen LogP contribution is 2.29. The van der Waals surface area contributed by atoms with Crippen molar-refractivity contribution in [3.05, 3.63) is 30.1 Å². The van der Waals surface area contributed by atoms with Gasteiger partial charge in [-0.15, -0.1) is 0 Å². The molecule has 1 saturated heterocycles. The zero-order valence-corrected chi connectivity index (χ0v) is 9.97. The molecule has 2 N–H and O–H groups in total. The summed E-state index contributed by atoms with van der Waals surface area (Å²) >= 11 is 0. The van der Waals surface area contributed by atoms with Crippen LogP contribution in [0.2, 0.25) is 0 Å². The molecule has 1 fully saturated rings. The average Bonchev–Trinajstić information content (AvgIpc) is 2.31. The van der Waals surface area contributed by atoms with Gasteiger partial charge in [0.05, 0.1) is 0 Å². The number of aromatic nitrogens is 1. The molecule has 88 valence electrons. The Hall–Kier alpha value is -0.930. The largest absolute Gasteiger partial charge is 0.330 e. The fourth-order valence-corrected chi connectivity index (χ4v) is 2.68. The number of piperidine rings is 1. The number of pyridine rings is 1. The lowest BCUT2D eigenvalue weighted by Gasteiger charge is -2.34. The van der Waals surface area contributed by atoms with E-state index < -0.39 is 0 Å². The third-order valence-electron chi connectivity index (χ3n) is 3.55. The van der Waals surface area contributed by atoms with E-state index in [1.54, 1.807) is 0 Å². The highest BCUT2D eigenvalue weighted by molar-refractivity contribution is 5.11. The second kappa shape index (κ2) is 5.41. The summed E-state index contributed by atoms with van der Waals surface area (Å²) in [5.41, 5.74) is 7.08. The van der Waals surface area contributed by atoms with Crippen LogP contribution in [0.1, 0.15) is 24.5 Å². The predicted molar refractivity (Wildman–Crippen MR) is 66.3 cm³/mol. The standard InChI is InChI=1S/C13H21N3/c1-16-8-4-5-11(10-16)12(9-14)13-6-2-3-7-15-13/h2-3,6-7,11-12H,4-5,8-10,14H2,1H3. The molecule has 16 heavy (non-hydrogen) atoms. The molecule has 0 amide bonds. The Bertz CT molecular complexity index is 312. The highest BCUT2D eigenvalue weighted by atomic mass is 15.1. The lowest BCUT2D eigenvalue weighted by atomic mass is 9.83. The van der Waals surface area contributed by atoms with E-state index in [4.69, 9.17) is 5.73 Å². The van der Waals surface area contributed by atoms with Crippen LogP contribution >= 0.6 is 0 Å². The Morgan fingerprint density at radius 3 is 3.06 bits per heavy atom. The number of rotatable bonds is 3. The lowest BCUT2D eigenvalue weighted by molar-refractivity contribution is 0.187. The van der Waals surface area contributed by atoms with Crippen molar-refractivity contribution >= 4 is 0 Å². The molecule has 0 spiro atoms. The Balaban J connectivity index is 2.10. The SMILES string of the molecule is CN1CCCC(C(CN)c2ccccn2)C1. The van der Waals surface area contributed by atoms with Crippen LogP contribution in [0, 0.1) is 5.92 Å². The van der Waals surface area contributed by atoms with Crippen LogP contribution in [0.3, 0.4) is 0 Å². The van der Waals surface area contributed by atoms with Crippen molar-refractivity contribution in [3.63, 3.8) is 0 Å². The highest BCUT2D eigenvalue weighted by Gasteiger charge is 2.26. The fraction of sp³-hybridized carbons (Fsp3) is 0.615. The minimum atomic E-state index is 0.420. The minimum absolute atomic E-state index is 0.420. The quantitative estimate of drug-likeness (QED) is 0.837. The molecule has 2 atom stereocenters. The molecule has 1 aromatic rings. The second-order valence-corrected chi connectivity index (χ2v) is 4.76. The zero-order valence-electron chi connectivity index (χ0n) is 9.97. The normalized spacial score (nSPS) is 24.2. The molecule has 2 rings (SSSR count). The summed E-state index contributed by atoms with van der Waals surface area (Å²) in [6.07, 6.45) is 4.43. The van der Waals surface area contributed by atoms with E-state index in [1.165, 1.54) is 19.4 Å².